The number of aliphatic imine (C=N–C) groups is 1. The highest BCUT2D eigenvalue weighted by Crippen LogP contribution is 2.13. The molecule has 0 radical (unpaired) electrons. The van der Waals surface area contributed by atoms with E-state index in [1.54, 1.807) is 14.2 Å². The molecule has 2 N–H and O–H groups in total. The van der Waals surface area contributed by atoms with E-state index in [2.05, 4.69) is 21.7 Å². The Balaban J connectivity index is 0.00000364. The third-order valence-corrected chi connectivity index (χ3v) is 4.01. The molecular weight excluding hydrogens is 477 g/mol. The molecule has 0 aliphatic rings. The fraction of sp³-hybridized carbons (Fsp3) is 0.350. The minimum Gasteiger partial charge on any atom is -0.491 e. The van der Waals surface area contributed by atoms with Crippen LogP contribution in [0.25, 0.3) is 0 Å². The quantitative estimate of drug-likeness (QED) is 0.236. The first-order valence-corrected chi connectivity index (χ1v) is 8.98. The Morgan fingerprint density at radius 3 is 2.52 bits per heavy atom. The molecule has 0 aliphatic carbocycles. The zero-order valence-corrected chi connectivity index (χ0v) is 18.8. The van der Waals surface area contributed by atoms with Crippen LogP contribution < -0.4 is 15.4 Å². The lowest BCUT2D eigenvalue weighted by molar-refractivity contribution is 0.146. The smallest absolute Gasteiger partial charge is 0.191 e. The molecule has 0 amide bonds. The van der Waals surface area contributed by atoms with Crippen molar-refractivity contribution in [3.8, 4) is 5.75 Å². The predicted octanol–water partition coefficient (Wildman–Crippen LogP) is 3.89. The van der Waals surface area contributed by atoms with E-state index >= 15 is 0 Å². The first-order valence-electron chi connectivity index (χ1n) is 8.61. The van der Waals surface area contributed by atoms with Crippen LogP contribution in [0.1, 0.15) is 11.1 Å². The summed E-state index contributed by atoms with van der Waals surface area (Å²) in [5.41, 5.74) is 2.36. The maximum Gasteiger partial charge on any atom is 0.191 e. The Hall–Kier alpha value is -1.51. The number of nitrogens with zero attached hydrogens (tertiary/aromatic N) is 1. The molecule has 2 aromatic rings. The van der Waals surface area contributed by atoms with E-state index in [1.807, 2.05) is 42.5 Å². The molecule has 0 spiro atoms. The van der Waals surface area contributed by atoms with Crippen LogP contribution >= 0.6 is 35.6 Å². The van der Waals surface area contributed by atoms with Gasteiger partial charge in [-0.25, -0.2) is 0 Å². The lowest BCUT2D eigenvalue weighted by atomic mass is 10.1. The summed E-state index contributed by atoms with van der Waals surface area (Å²) in [5.74, 6) is 1.61. The Labute approximate surface area is 183 Å². The number of hydrogen-bond donors (Lipinski definition) is 2. The van der Waals surface area contributed by atoms with Crippen molar-refractivity contribution >= 4 is 41.5 Å². The van der Waals surface area contributed by atoms with Gasteiger partial charge in [-0.15, -0.1) is 24.0 Å². The zero-order valence-electron chi connectivity index (χ0n) is 15.7. The number of benzene rings is 2. The van der Waals surface area contributed by atoms with E-state index < -0.39 is 0 Å². The van der Waals surface area contributed by atoms with Crippen LogP contribution in [0.3, 0.4) is 0 Å². The third-order valence-electron chi connectivity index (χ3n) is 3.76. The van der Waals surface area contributed by atoms with Crippen LogP contribution in [0.15, 0.2) is 53.5 Å². The van der Waals surface area contributed by atoms with Crippen molar-refractivity contribution in [2.75, 3.05) is 33.9 Å². The fourth-order valence-corrected chi connectivity index (χ4v) is 2.50. The van der Waals surface area contributed by atoms with Crippen LogP contribution in [0.2, 0.25) is 5.02 Å². The summed E-state index contributed by atoms with van der Waals surface area (Å²) in [6, 6.07) is 15.9. The Morgan fingerprint density at radius 1 is 1.04 bits per heavy atom. The number of ether oxygens (including phenoxy) is 2. The number of guanidine groups is 1. The highest BCUT2D eigenvalue weighted by atomic mass is 127. The standard InChI is InChI=1S/C20H26ClN3O2.HI/c1-22-20(23-11-10-16-6-8-18(21)9-7-16)24-15-17-4-3-5-19(14-17)26-13-12-25-2;/h3-9,14H,10-13,15H2,1-2H3,(H2,22,23,24);1H. The van der Waals surface area contributed by atoms with Crippen molar-refractivity contribution in [1.29, 1.82) is 0 Å². The highest BCUT2D eigenvalue weighted by molar-refractivity contribution is 14.0. The molecule has 0 saturated heterocycles. The average Bonchev–Trinajstić information content (AvgIpc) is 2.66. The summed E-state index contributed by atoms with van der Waals surface area (Å²) in [6.07, 6.45) is 0.903. The second kappa shape index (κ2) is 13.6. The van der Waals surface area contributed by atoms with Crippen LogP contribution in [-0.4, -0.2) is 39.9 Å². The summed E-state index contributed by atoms with van der Waals surface area (Å²) in [5, 5.41) is 7.39. The Morgan fingerprint density at radius 2 is 1.81 bits per heavy atom. The van der Waals surface area contributed by atoms with Gasteiger partial charge in [0.25, 0.3) is 0 Å². The maximum absolute atomic E-state index is 5.90. The number of rotatable bonds is 9. The summed E-state index contributed by atoms with van der Waals surface area (Å²) in [7, 11) is 3.43. The topological polar surface area (TPSA) is 54.9 Å². The largest absolute Gasteiger partial charge is 0.491 e. The summed E-state index contributed by atoms with van der Waals surface area (Å²) >= 11 is 5.90. The minimum atomic E-state index is 0. The van der Waals surface area contributed by atoms with Gasteiger partial charge in [-0.1, -0.05) is 35.9 Å². The van der Waals surface area contributed by atoms with E-state index in [4.69, 9.17) is 21.1 Å². The number of hydrogen-bond acceptors (Lipinski definition) is 3. The second-order valence-electron chi connectivity index (χ2n) is 5.72. The zero-order chi connectivity index (χ0) is 18.6. The van der Waals surface area contributed by atoms with E-state index in [0.29, 0.717) is 19.8 Å². The summed E-state index contributed by atoms with van der Waals surface area (Å²) < 4.78 is 10.6. The third kappa shape index (κ3) is 9.30. The predicted molar refractivity (Wildman–Crippen MR) is 123 cm³/mol. The highest BCUT2D eigenvalue weighted by Gasteiger charge is 2.01. The van der Waals surface area contributed by atoms with Crippen molar-refractivity contribution in [3.05, 3.63) is 64.7 Å². The van der Waals surface area contributed by atoms with Gasteiger partial charge in [0.2, 0.25) is 0 Å². The van der Waals surface area contributed by atoms with Crippen molar-refractivity contribution < 1.29 is 9.47 Å². The number of halogens is 2. The number of methoxy groups -OCH3 is 1. The van der Waals surface area contributed by atoms with E-state index in [9.17, 15) is 0 Å². The molecule has 0 bridgehead atoms. The molecule has 0 unspecified atom stereocenters. The van der Waals surface area contributed by atoms with Crippen molar-refractivity contribution in [2.45, 2.75) is 13.0 Å². The monoisotopic (exact) mass is 503 g/mol. The second-order valence-corrected chi connectivity index (χ2v) is 6.15. The molecule has 0 aromatic heterocycles. The molecule has 0 aliphatic heterocycles. The van der Waals surface area contributed by atoms with Gasteiger partial charge >= 0.3 is 0 Å². The molecule has 7 heteroatoms. The lowest BCUT2D eigenvalue weighted by Gasteiger charge is -2.13. The summed E-state index contributed by atoms with van der Waals surface area (Å²) in [4.78, 5) is 4.26. The van der Waals surface area contributed by atoms with Crippen LogP contribution in [0, 0.1) is 0 Å². The van der Waals surface area contributed by atoms with E-state index in [0.717, 1.165) is 35.3 Å². The molecule has 0 atom stereocenters. The van der Waals surface area contributed by atoms with Crippen molar-refractivity contribution in [1.82, 2.24) is 10.6 Å². The molecular formula is C20H27ClIN3O2. The molecule has 27 heavy (non-hydrogen) atoms. The minimum absolute atomic E-state index is 0. The van der Waals surface area contributed by atoms with E-state index in [1.165, 1.54) is 5.56 Å². The van der Waals surface area contributed by atoms with Crippen molar-refractivity contribution in [3.63, 3.8) is 0 Å². The van der Waals surface area contributed by atoms with Gasteiger partial charge in [0.15, 0.2) is 5.96 Å². The van der Waals surface area contributed by atoms with E-state index in [-0.39, 0.29) is 24.0 Å². The molecule has 0 heterocycles. The molecule has 148 valence electrons. The Bertz CT molecular complexity index is 696. The SMILES string of the molecule is CN=C(NCCc1ccc(Cl)cc1)NCc1cccc(OCCOC)c1.I. The molecule has 0 fully saturated rings. The summed E-state index contributed by atoms with van der Waals surface area (Å²) in [6.45, 7) is 2.58. The fourth-order valence-electron chi connectivity index (χ4n) is 2.37. The lowest BCUT2D eigenvalue weighted by Crippen LogP contribution is -2.37. The molecule has 5 nitrogen and oxygen atoms in total. The van der Waals surface area contributed by atoms with Crippen LogP contribution in [-0.2, 0) is 17.7 Å². The van der Waals surface area contributed by atoms with Gasteiger partial charge in [-0.3, -0.25) is 4.99 Å². The van der Waals surface area contributed by atoms with Gasteiger partial charge in [0.1, 0.15) is 12.4 Å². The first kappa shape index (κ1) is 23.5. The van der Waals surface area contributed by atoms with Gasteiger partial charge in [0, 0.05) is 32.3 Å². The number of nitrogens with one attached hydrogen (secondary N) is 2. The van der Waals surface area contributed by atoms with Gasteiger partial charge in [0.05, 0.1) is 6.61 Å². The normalized spacial score (nSPS) is 10.9. The first-order chi connectivity index (χ1) is 12.7. The van der Waals surface area contributed by atoms with Gasteiger partial charge in [-0.2, -0.15) is 0 Å². The van der Waals surface area contributed by atoms with Gasteiger partial charge < -0.3 is 20.1 Å². The Kier molecular flexibility index (Phi) is 11.9. The van der Waals surface area contributed by atoms with Crippen LogP contribution in [0.4, 0.5) is 0 Å². The van der Waals surface area contributed by atoms with Crippen LogP contribution in [0.5, 0.6) is 5.75 Å². The molecule has 2 rings (SSSR count). The van der Waals surface area contributed by atoms with Gasteiger partial charge in [-0.05, 0) is 41.8 Å². The molecule has 2 aromatic carbocycles. The maximum atomic E-state index is 5.90. The van der Waals surface area contributed by atoms with Crippen molar-refractivity contribution in [2.24, 2.45) is 4.99 Å². The molecule has 0 saturated carbocycles. The average molecular weight is 504 g/mol.